The van der Waals surface area contributed by atoms with Crippen molar-refractivity contribution in [2.75, 3.05) is 11.4 Å². The van der Waals surface area contributed by atoms with Gasteiger partial charge in [-0.2, -0.15) is 0 Å². The molecule has 0 fully saturated rings. The van der Waals surface area contributed by atoms with E-state index in [9.17, 15) is 4.79 Å². The molecule has 1 amide bonds. The number of carbonyl (C=O) groups excluding carboxylic acids is 1. The monoisotopic (exact) mass is 413 g/mol. The Kier molecular flexibility index (Phi) is 6.01. The Morgan fingerprint density at radius 3 is 2.46 bits per heavy atom. The van der Waals surface area contributed by atoms with E-state index in [2.05, 4.69) is 29.9 Å². The Bertz CT molecular complexity index is 1000. The summed E-state index contributed by atoms with van der Waals surface area (Å²) in [5.74, 6) is 0. The molecule has 1 aliphatic rings. The summed E-state index contributed by atoms with van der Waals surface area (Å²) in [4.78, 5) is 20.8. The lowest BCUT2D eigenvalue weighted by atomic mass is 9.87. The lowest BCUT2D eigenvalue weighted by Gasteiger charge is -2.17. The van der Waals surface area contributed by atoms with Gasteiger partial charge in [-0.05, 0) is 36.8 Å². The van der Waals surface area contributed by atoms with Crippen molar-refractivity contribution in [2.45, 2.75) is 26.2 Å². The maximum absolute atomic E-state index is 10.8. The molecule has 0 radical (unpaired) electrons. The van der Waals surface area contributed by atoms with Crippen LogP contribution in [-0.4, -0.2) is 22.9 Å². The van der Waals surface area contributed by atoms with Gasteiger partial charge in [-0.1, -0.05) is 61.3 Å². The lowest BCUT2D eigenvalue weighted by molar-refractivity contribution is -0.107. The third-order valence-corrected chi connectivity index (χ3v) is 5.39. The van der Waals surface area contributed by atoms with E-state index in [-0.39, 0.29) is 5.41 Å². The molecule has 2 heterocycles. The number of halogens is 2. The van der Waals surface area contributed by atoms with Gasteiger partial charge in [0.15, 0.2) is 0 Å². The molecule has 0 atom stereocenters. The Morgan fingerprint density at radius 2 is 1.79 bits per heavy atom. The van der Waals surface area contributed by atoms with Crippen LogP contribution in [0.2, 0.25) is 10.0 Å². The maximum atomic E-state index is 10.8. The molecule has 4 rings (SSSR count). The van der Waals surface area contributed by atoms with E-state index in [1.807, 2.05) is 37.3 Å². The number of hydrogen-bond donors (Lipinski definition) is 0. The molecular weight excluding hydrogens is 393 g/mol. The second-order valence-corrected chi connectivity index (χ2v) is 8.12. The molecule has 2 aromatic carbocycles. The van der Waals surface area contributed by atoms with Crippen molar-refractivity contribution in [3.05, 3.63) is 76.2 Å². The van der Waals surface area contributed by atoms with Crippen LogP contribution in [0.25, 0.3) is 11.3 Å². The first-order valence-corrected chi connectivity index (χ1v) is 9.63. The van der Waals surface area contributed by atoms with Crippen molar-refractivity contribution >= 4 is 35.3 Å². The van der Waals surface area contributed by atoms with Gasteiger partial charge in [0.2, 0.25) is 6.41 Å². The van der Waals surface area contributed by atoms with Gasteiger partial charge in [0.05, 0.1) is 15.7 Å². The molecule has 0 unspecified atom stereocenters. The van der Waals surface area contributed by atoms with E-state index in [0.29, 0.717) is 10.0 Å². The van der Waals surface area contributed by atoms with Crippen LogP contribution in [-0.2, 0) is 10.2 Å². The summed E-state index contributed by atoms with van der Waals surface area (Å²) < 4.78 is 0. The maximum Gasteiger partial charge on any atom is 0.214 e. The average molecular weight is 414 g/mol. The van der Waals surface area contributed by atoms with Crippen LogP contribution in [0.1, 0.15) is 25.1 Å². The highest BCUT2D eigenvalue weighted by atomic mass is 35.5. The number of hydrogen-bond acceptors (Lipinski definition) is 3. The number of para-hydroxylation sites is 1. The number of carbonyl (C=O) groups is 1. The molecule has 4 nitrogen and oxygen atoms in total. The zero-order valence-corrected chi connectivity index (χ0v) is 17.5. The number of aromatic nitrogens is 2. The normalized spacial score (nSPS) is 14.1. The molecular formula is C22H21Cl2N3O. The molecule has 3 aromatic rings. The fourth-order valence-electron chi connectivity index (χ4n) is 3.25. The fraction of sp³-hybridized carbons (Fsp3) is 0.227. The second kappa shape index (κ2) is 8.29. The largest absolute Gasteiger partial charge is 0.314 e. The number of benzene rings is 2. The molecule has 1 aromatic heterocycles. The SMILES string of the molecule is CC1(C)CN(C=O)c2ccccc21.Cc1cc(-c2ccc(Cl)c(Cl)c2)ncn1. The van der Waals surface area contributed by atoms with Gasteiger partial charge in [-0.25, -0.2) is 9.97 Å². The zero-order chi connectivity index (χ0) is 20.3. The Balaban J connectivity index is 0.000000162. The van der Waals surface area contributed by atoms with Gasteiger partial charge in [-0.3, -0.25) is 4.79 Å². The smallest absolute Gasteiger partial charge is 0.214 e. The van der Waals surface area contributed by atoms with E-state index >= 15 is 0 Å². The molecule has 0 spiro atoms. The molecule has 0 N–H and O–H groups in total. The first-order valence-electron chi connectivity index (χ1n) is 8.87. The van der Waals surface area contributed by atoms with Crippen molar-refractivity contribution in [1.29, 1.82) is 0 Å². The molecule has 28 heavy (non-hydrogen) atoms. The molecule has 1 aliphatic heterocycles. The number of anilines is 1. The van der Waals surface area contributed by atoms with E-state index in [4.69, 9.17) is 23.2 Å². The number of amides is 1. The van der Waals surface area contributed by atoms with Crippen molar-refractivity contribution in [2.24, 2.45) is 0 Å². The van der Waals surface area contributed by atoms with Gasteiger partial charge < -0.3 is 4.90 Å². The van der Waals surface area contributed by atoms with E-state index in [1.54, 1.807) is 17.0 Å². The highest BCUT2D eigenvalue weighted by molar-refractivity contribution is 6.42. The summed E-state index contributed by atoms with van der Waals surface area (Å²) >= 11 is 11.8. The molecule has 6 heteroatoms. The van der Waals surface area contributed by atoms with Crippen LogP contribution in [0.3, 0.4) is 0 Å². The standard InChI is InChI=1S/C11H8Cl2N2.C11H13NO/c1-7-4-11(15-6-14-7)8-2-3-9(12)10(13)5-8;1-11(2)7-12(8-13)10-6-4-3-5-9(10)11/h2-6H,1H3;3-6,8H,7H2,1-2H3. The summed E-state index contributed by atoms with van der Waals surface area (Å²) in [6.07, 6.45) is 2.45. The predicted octanol–water partition coefficient (Wildman–Crippen LogP) is 5.70. The summed E-state index contributed by atoms with van der Waals surface area (Å²) in [7, 11) is 0. The third-order valence-electron chi connectivity index (χ3n) is 4.65. The minimum absolute atomic E-state index is 0.0947. The van der Waals surface area contributed by atoms with Gasteiger partial charge in [0.25, 0.3) is 0 Å². The molecule has 0 aliphatic carbocycles. The number of fused-ring (bicyclic) bond motifs is 1. The zero-order valence-electron chi connectivity index (χ0n) is 16.0. The number of nitrogens with zero attached hydrogens (tertiary/aromatic N) is 3. The first-order chi connectivity index (χ1) is 13.3. The quantitative estimate of drug-likeness (QED) is 0.506. The second-order valence-electron chi connectivity index (χ2n) is 7.31. The van der Waals surface area contributed by atoms with Crippen LogP contribution >= 0.6 is 23.2 Å². The number of aryl methyl sites for hydroxylation is 1. The summed E-state index contributed by atoms with van der Waals surface area (Å²) in [6.45, 7) is 7.03. The van der Waals surface area contributed by atoms with Gasteiger partial charge in [-0.15, -0.1) is 0 Å². The van der Waals surface area contributed by atoms with Gasteiger partial charge in [0, 0.05) is 28.9 Å². The first kappa shape index (κ1) is 20.3. The summed E-state index contributed by atoms with van der Waals surface area (Å²) in [5, 5.41) is 1.08. The van der Waals surface area contributed by atoms with Crippen molar-refractivity contribution in [3.8, 4) is 11.3 Å². The van der Waals surface area contributed by atoms with E-state index in [0.717, 1.165) is 35.6 Å². The molecule has 0 saturated carbocycles. The topological polar surface area (TPSA) is 46.1 Å². The molecule has 144 valence electrons. The minimum Gasteiger partial charge on any atom is -0.314 e. The van der Waals surface area contributed by atoms with E-state index < -0.39 is 0 Å². The van der Waals surface area contributed by atoms with Crippen LogP contribution in [0.4, 0.5) is 5.69 Å². The van der Waals surface area contributed by atoms with Crippen LogP contribution < -0.4 is 4.90 Å². The van der Waals surface area contributed by atoms with Crippen LogP contribution in [0.5, 0.6) is 0 Å². The van der Waals surface area contributed by atoms with Crippen molar-refractivity contribution in [3.63, 3.8) is 0 Å². The highest BCUT2D eigenvalue weighted by Gasteiger charge is 2.34. The van der Waals surface area contributed by atoms with E-state index in [1.165, 1.54) is 11.9 Å². The predicted molar refractivity (Wildman–Crippen MR) is 115 cm³/mol. The lowest BCUT2D eigenvalue weighted by Crippen LogP contribution is -2.27. The van der Waals surface area contributed by atoms with Crippen LogP contribution in [0, 0.1) is 6.92 Å². The fourth-order valence-corrected chi connectivity index (χ4v) is 3.55. The van der Waals surface area contributed by atoms with Crippen LogP contribution in [0.15, 0.2) is 54.9 Å². The van der Waals surface area contributed by atoms with Crippen molar-refractivity contribution < 1.29 is 4.79 Å². The van der Waals surface area contributed by atoms with Gasteiger partial charge >= 0.3 is 0 Å². The third kappa shape index (κ3) is 4.34. The summed E-state index contributed by atoms with van der Waals surface area (Å²) in [6, 6.07) is 15.4. The minimum atomic E-state index is 0.0947. The Morgan fingerprint density at radius 1 is 1.04 bits per heavy atom. The highest BCUT2D eigenvalue weighted by Crippen LogP contribution is 2.39. The molecule has 0 bridgehead atoms. The van der Waals surface area contributed by atoms with Gasteiger partial charge in [0.1, 0.15) is 6.33 Å². The Labute approximate surface area is 175 Å². The molecule has 0 saturated heterocycles. The van der Waals surface area contributed by atoms with Crippen molar-refractivity contribution in [1.82, 2.24) is 9.97 Å². The average Bonchev–Trinajstić information content (AvgIpc) is 2.95. The summed E-state index contributed by atoms with van der Waals surface area (Å²) in [5.41, 5.74) is 5.13. The Hall–Kier alpha value is -2.43. The number of rotatable bonds is 2.